The van der Waals surface area contributed by atoms with Crippen LogP contribution in [0.1, 0.15) is 40.5 Å². The zero-order valence-electron chi connectivity index (χ0n) is 12.4. The molecule has 0 radical (unpaired) electrons. The van der Waals surface area contributed by atoms with Gasteiger partial charge in [0.15, 0.2) is 0 Å². The molecular formula is C14H25N3O2. The van der Waals surface area contributed by atoms with Gasteiger partial charge in [0.05, 0.1) is 6.04 Å². The van der Waals surface area contributed by atoms with Crippen molar-refractivity contribution in [3.63, 3.8) is 0 Å². The lowest BCUT2D eigenvalue weighted by Gasteiger charge is -2.36. The molecule has 0 saturated carbocycles. The second-order valence-corrected chi connectivity index (χ2v) is 6.56. The first-order valence-electron chi connectivity index (χ1n) is 7.14. The molecule has 5 heteroatoms. The number of rotatable bonds is 1. The standard InChI is InChI=1S/C14H25N3O2/c1-11-9-15-17(10-11)12-5-7-16(8-6-12)13(18)19-14(2,3)4/h9,11-12H,5-8,10H2,1-4H3. The quantitative estimate of drug-likeness (QED) is 0.732. The van der Waals surface area contributed by atoms with Gasteiger partial charge in [0.2, 0.25) is 0 Å². The van der Waals surface area contributed by atoms with Crippen molar-refractivity contribution in [1.29, 1.82) is 0 Å². The van der Waals surface area contributed by atoms with E-state index in [0.717, 1.165) is 32.5 Å². The molecular weight excluding hydrogens is 242 g/mol. The molecule has 0 aromatic carbocycles. The molecule has 2 aliphatic rings. The van der Waals surface area contributed by atoms with E-state index in [4.69, 9.17) is 4.74 Å². The molecule has 1 amide bonds. The highest BCUT2D eigenvalue weighted by molar-refractivity contribution is 5.68. The van der Waals surface area contributed by atoms with Crippen LogP contribution in [0, 0.1) is 5.92 Å². The van der Waals surface area contributed by atoms with Crippen molar-refractivity contribution >= 4 is 12.3 Å². The summed E-state index contributed by atoms with van der Waals surface area (Å²) in [5.41, 5.74) is -0.414. The van der Waals surface area contributed by atoms with Gasteiger partial charge in [-0.05, 0) is 33.6 Å². The van der Waals surface area contributed by atoms with E-state index in [1.807, 2.05) is 31.9 Å². The highest BCUT2D eigenvalue weighted by Gasteiger charge is 2.30. The minimum Gasteiger partial charge on any atom is -0.444 e. The number of hydrogen-bond donors (Lipinski definition) is 0. The normalized spacial score (nSPS) is 24.9. The molecule has 2 aliphatic heterocycles. The minimum atomic E-state index is -0.414. The van der Waals surface area contributed by atoms with Crippen LogP contribution in [0.5, 0.6) is 0 Å². The van der Waals surface area contributed by atoms with E-state index >= 15 is 0 Å². The molecule has 5 nitrogen and oxygen atoms in total. The van der Waals surface area contributed by atoms with Crippen LogP contribution in [0.4, 0.5) is 4.79 Å². The highest BCUT2D eigenvalue weighted by Crippen LogP contribution is 2.22. The van der Waals surface area contributed by atoms with Crippen molar-refractivity contribution < 1.29 is 9.53 Å². The molecule has 0 aromatic rings. The molecule has 1 atom stereocenters. The van der Waals surface area contributed by atoms with Crippen LogP contribution < -0.4 is 0 Å². The van der Waals surface area contributed by atoms with Gasteiger partial charge in [0.25, 0.3) is 0 Å². The number of hydrazone groups is 1. The highest BCUT2D eigenvalue weighted by atomic mass is 16.6. The summed E-state index contributed by atoms with van der Waals surface area (Å²) in [6, 6.07) is 0.472. The molecule has 1 fully saturated rings. The van der Waals surface area contributed by atoms with E-state index in [-0.39, 0.29) is 6.09 Å². The SMILES string of the molecule is CC1C=NN(C2CCN(C(=O)OC(C)(C)C)CC2)C1. The maximum Gasteiger partial charge on any atom is 0.410 e. The van der Waals surface area contributed by atoms with Gasteiger partial charge in [-0.3, -0.25) is 5.01 Å². The van der Waals surface area contributed by atoms with Gasteiger partial charge < -0.3 is 9.64 Å². The van der Waals surface area contributed by atoms with E-state index in [9.17, 15) is 4.79 Å². The molecule has 108 valence electrons. The van der Waals surface area contributed by atoms with Crippen molar-refractivity contribution in [2.75, 3.05) is 19.6 Å². The van der Waals surface area contributed by atoms with Gasteiger partial charge in [-0.1, -0.05) is 6.92 Å². The van der Waals surface area contributed by atoms with E-state index in [1.165, 1.54) is 0 Å². The lowest BCUT2D eigenvalue weighted by Crippen LogP contribution is -2.46. The fourth-order valence-corrected chi connectivity index (χ4v) is 2.51. The Balaban J connectivity index is 1.79. The lowest BCUT2D eigenvalue weighted by molar-refractivity contribution is 0.0147. The number of likely N-dealkylation sites (tertiary alicyclic amines) is 1. The number of carbonyl (C=O) groups excluding carboxylic acids is 1. The largest absolute Gasteiger partial charge is 0.444 e. The third-order valence-electron chi connectivity index (χ3n) is 3.48. The predicted octanol–water partition coefficient (Wildman–Crippen LogP) is 2.32. The topological polar surface area (TPSA) is 45.1 Å². The zero-order chi connectivity index (χ0) is 14.0. The van der Waals surface area contributed by atoms with Crippen LogP contribution in [0.3, 0.4) is 0 Å². The van der Waals surface area contributed by atoms with Crippen molar-refractivity contribution in [3.8, 4) is 0 Å². The summed E-state index contributed by atoms with van der Waals surface area (Å²) >= 11 is 0. The Morgan fingerprint density at radius 1 is 1.32 bits per heavy atom. The van der Waals surface area contributed by atoms with Crippen LogP contribution in [-0.2, 0) is 4.74 Å². The third-order valence-corrected chi connectivity index (χ3v) is 3.48. The molecule has 0 aliphatic carbocycles. The Hall–Kier alpha value is -1.26. The fraction of sp³-hybridized carbons (Fsp3) is 0.857. The van der Waals surface area contributed by atoms with Gasteiger partial charge in [0.1, 0.15) is 5.60 Å². The number of nitrogens with zero attached hydrogens (tertiary/aromatic N) is 3. The first kappa shape index (κ1) is 14.2. The molecule has 19 heavy (non-hydrogen) atoms. The third kappa shape index (κ3) is 3.85. The summed E-state index contributed by atoms with van der Waals surface area (Å²) in [6.45, 7) is 10.4. The van der Waals surface area contributed by atoms with Crippen LogP contribution >= 0.6 is 0 Å². The van der Waals surface area contributed by atoms with Crippen LogP contribution in [-0.4, -0.2) is 53.5 Å². The Labute approximate surface area is 115 Å². The minimum absolute atomic E-state index is 0.191. The smallest absolute Gasteiger partial charge is 0.410 e. The summed E-state index contributed by atoms with van der Waals surface area (Å²) < 4.78 is 5.40. The second-order valence-electron chi connectivity index (χ2n) is 6.56. The number of piperidine rings is 1. The summed E-state index contributed by atoms with van der Waals surface area (Å²) in [6.07, 6.45) is 3.77. The Kier molecular flexibility index (Phi) is 4.02. The zero-order valence-corrected chi connectivity index (χ0v) is 12.4. The molecule has 1 unspecified atom stereocenters. The first-order chi connectivity index (χ1) is 8.85. The second kappa shape index (κ2) is 5.39. The van der Waals surface area contributed by atoms with Gasteiger partial charge in [-0.2, -0.15) is 5.10 Å². The molecule has 0 spiro atoms. The maximum atomic E-state index is 12.0. The maximum absolute atomic E-state index is 12.0. The van der Waals surface area contributed by atoms with E-state index in [1.54, 1.807) is 0 Å². The Morgan fingerprint density at radius 2 is 1.95 bits per heavy atom. The molecule has 0 N–H and O–H groups in total. The summed E-state index contributed by atoms with van der Waals surface area (Å²) in [5.74, 6) is 0.545. The predicted molar refractivity (Wildman–Crippen MR) is 75.2 cm³/mol. The molecule has 0 aromatic heterocycles. The van der Waals surface area contributed by atoms with Crippen LogP contribution in [0.2, 0.25) is 0 Å². The number of amides is 1. The van der Waals surface area contributed by atoms with Gasteiger partial charge in [-0.25, -0.2) is 4.79 Å². The average molecular weight is 267 g/mol. The van der Waals surface area contributed by atoms with E-state index in [2.05, 4.69) is 17.0 Å². The number of ether oxygens (including phenoxy) is 1. The fourth-order valence-electron chi connectivity index (χ4n) is 2.51. The number of hydrogen-bond acceptors (Lipinski definition) is 4. The lowest BCUT2D eigenvalue weighted by atomic mass is 10.0. The van der Waals surface area contributed by atoms with Crippen LogP contribution in [0.25, 0.3) is 0 Å². The first-order valence-corrected chi connectivity index (χ1v) is 7.14. The van der Waals surface area contributed by atoms with Crippen molar-refractivity contribution in [2.24, 2.45) is 11.0 Å². The average Bonchev–Trinajstić information content (AvgIpc) is 2.74. The summed E-state index contributed by atoms with van der Waals surface area (Å²) in [4.78, 5) is 13.8. The van der Waals surface area contributed by atoms with Crippen LogP contribution in [0.15, 0.2) is 5.10 Å². The van der Waals surface area contributed by atoms with Gasteiger partial charge in [0, 0.05) is 31.8 Å². The Bertz CT molecular complexity index is 354. The van der Waals surface area contributed by atoms with Crippen molar-refractivity contribution in [3.05, 3.63) is 0 Å². The summed E-state index contributed by atoms with van der Waals surface area (Å²) in [5, 5.41) is 6.62. The molecule has 2 heterocycles. The van der Waals surface area contributed by atoms with E-state index in [0.29, 0.717) is 12.0 Å². The van der Waals surface area contributed by atoms with Gasteiger partial charge >= 0.3 is 6.09 Å². The Morgan fingerprint density at radius 3 is 2.42 bits per heavy atom. The van der Waals surface area contributed by atoms with Crippen molar-refractivity contribution in [2.45, 2.75) is 52.2 Å². The van der Waals surface area contributed by atoms with E-state index < -0.39 is 5.60 Å². The van der Waals surface area contributed by atoms with Crippen molar-refractivity contribution in [1.82, 2.24) is 9.91 Å². The molecule has 2 rings (SSSR count). The molecule has 1 saturated heterocycles. The molecule has 0 bridgehead atoms. The monoisotopic (exact) mass is 267 g/mol. The number of carbonyl (C=O) groups is 1. The summed E-state index contributed by atoms with van der Waals surface area (Å²) in [7, 11) is 0. The van der Waals surface area contributed by atoms with Gasteiger partial charge in [-0.15, -0.1) is 0 Å².